The summed E-state index contributed by atoms with van der Waals surface area (Å²) in [6.07, 6.45) is -0.645. The molecule has 0 fully saturated rings. The molecule has 0 saturated carbocycles. The largest absolute Gasteiger partial charge is 0.481 e. The molecule has 0 aliphatic carbocycles. The van der Waals surface area contributed by atoms with Crippen LogP contribution < -0.4 is 10.1 Å². The van der Waals surface area contributed by atoms with Gasteiger partial charge in [0.1, 0.15) is 5.75 Å². The van der Waals surface area contributed by atoms with Crippen LogP contribution in [0.5, 0.6) is 5.75 Å². The van der Waals surface area contributed by atoms with Crippen LogP contribution in [0.25, 0.3) is 0 Å². The Morgan fingerprint density at radius 3 is 2.50 bits per heavy atom. The van der Waals surface area contributed by atoms with Crippen LogP contribution in [0.15, 0.2) is 36.4 Å². The second-order valence-electron chi connectivity index (χ2n) is 5.14. The highest BCUT2D eigenvalue weighted by Gasteiger charge is 2.17. The van der Waals surface area contributed by atoms with Crippen LogP contribution in [-0.4, -0.2) is 12.0 Å². The number of hydrogen-bond acceptors (Lipinski definition) is 2. The van der Waals surface area contributed by atoms with E-state index >= 15 is 0 Å². The second kappa shape index (κ2) is 7.03. The van der Waals surface area contributed by atoms with Gasteiger partial charge >= 0.3 is 0 Å². The van der Waals surface area contributed by atoms with Crippen molar-refractivity contribution in [1.29, 1.82) is 0 Å². The van der Waals surface area contributed by atoms with Gasteiger partial charge in [0.2, 0.25) is 0 Å². The van der Waals surface area contributed by atoms with E-state index in [9.17, 15) is 4.79 Å². The molecule has 3 nitrogen and oxygen atoms in total. The van der Waals surface area contributed by atoms with Crippen LogP contribution in [0.2, 0.25) is 10.0 Å². The van der Waals surface area contributed by atoms with Gasteiger partial charge < -0.3 is 10.1 Å². The van der Waals surface area contributed by atoms with Crippen LogP contribution in [0.1, 0.15) is 18.1 Å². The summed E-state index contributed by atoms with van der Waals surface area (Å²) in [4.78, 5) is 12.2. The number of benzene rings is 2. The fourth-order valence-electron chi connectivity index (χ4n) is 2.00. The van der Waals surface area contributed by atoms with Gasteiger partial charge in [-0.2, -0.15) is 0 Å². The summed E-state index contributed by atoms with van der Waals surface area (Å²) in [5.74, 6) is 0.416. The van der Waals surface area contributed by atoms with E-state index in [4.69, 9.17) is 27.9 Å². The Balaban J connectivity index is 2.05. The van der Waals surface area contributed by atoms with Gasteiger partial charge in [0.25, 0.3) is 5.91 Å². The summed E-state index contributed by atoms with van der Waals surface area (Å²) in [5.41, 5.74) is 2.64. The Bertz CT molecular complexity index is 701. The maximum absolute atomic E-state index is 12.2. The fraction of sp³-hybridized carbons (Fsp3) is 0.235. The summed E-state index contributed by atoms with van der Waals surface area (Å²) in [5, 5.41) is 3.64. The van der Waals surface area contributed by atoms with Gasteiger partial charge in [0, 0.05) is 5.02 Å². The minimum atomic E-state index is -0.645. The fourth-order valence-corrected chi connectivity index (χ4v) is 2.46. The van der Waals surface area contributed by atoms with Crippen molar-refractivity contribution >= 4 is 34.8 Å². The molecule has 0 aliphatic rings. The van der Waals surface area contributed by atoms with E-state index in [1.54, 1.807) is 25.1 Å². The van der Waals surface area contributed by atoms with Crippen LogP contribution >= 0.6 is 23.2 Å². The number of aryl methyl sites for hydroxylation is 2. The first-order valence-corrected chi connectivity index (χ1v) is 7.62. The molecule has 116 valence electrons. The van der Waals surface area contributed by atoms with Crippen molar-refractivity contribution in [2.45, 2.75) is 26.9 Å². The van der Waals surface area contributed by atoms with Crippen molar-refractivity contribution in [1.82, 2.24) is 0 Å². The highest BCUT2D eigenvalue weighted by Crippen LogP contribution is 2.26. The monoisotopic (exact) mass is 337 g/mol. The Kier molecular flexibility index (Phi) is 5.33. The van der Waals surface area contributed by atoms with Gasteiger partial charge in [-0.15, -0.1) is 0 Å². The third-order valence-corrected chi connectivity index (χ3v) is 3.74. The molecule has 2 aromatic rings. The lowest BCUT2D eigenvalue weighted by molar-refractivity contribution is -0.122. The van der Waals surface area contributed by atoms with E-state index in [-0.39, 0.29) is 5.91 Å². The summed E-state index contributed by atoms with van der Waals surface area (Å²) in [6, 6.07) is 10.7. The average Bonchev–Trinajstić information content (AvgIpc) is 2.44. The van der Waals surface area contributed by atoms with E-state index in [0.717, 1.165) is 11.1 Å². The lowest BCUT2D eigenvalue weighted by Crippen LogP contribution is -2.30. The highest BCUT2D eigenvalue weighted by atomic mass is 35.5. The van der Waals surface area contributed by atoms with Gasteiger partial charge in [-0.25, -0.2) is 0 Å². The van der Waals surface area contributed by atoms with Crippen LogP contribution in [-0.2, 0) is 4.79 Å². The standard InChI is InChI=1S/C17H17Cl2NO2/c1-10-4-7-16(11(2)8-10)22-12(3)17(21)20-15-6-5-13(18)9-14(15)19/h4-9,12H,1-3H3,(H,20,21). The average molecular weight is 338 g/mol. The Hall–Kier alpha value is -1.71. The Morgan fingerprint density at radius 1 is 1.14 bits per heavy atom. The van der Waals surface area contributed by atoms with E-state index < -0.39 is 6.10 Å². The third-order valence-electron chi connectivity index (χ3n) is 3.19. The molecule has 1 unspecified atom stereocenters. The first kappa shape index (κ1) is 16.7. The van der Waals surface area contributed by atoms with Gasteiger partial charge in [-0.3, -0.25) is 4.79 Å². The van der Waals surface area contributed by atoms with Gasteiger partial charge in [-0.05, 0) is 50.6 Å². The molecule has 0 saturated heterocycles. The second-order valence-corrected chi connectivity index (χ2v) is 5.99. The number of anilines is 1. The van der Waals surface area contributed by atoms with Crippen molar-refractivity contribution < 1.29 is 9.53 Å². The number of ether oxygens (including phenoxy) is 1. The number of halogens is 2. The molecule has 2 aromatic carbocycles. The van der Waals surface area contributed by atoms with Gasteiger partial charge in [0.15, 0.2) is 6.10 Å². The molecule has 0 heterocycles. The molecule has 0 aromatic heterocycles. The number of hydrogen-bond donors (Lipinski definition) is 1. The smallest absolute Gasteiger partial charge is 0.265 e. The van der Waals surface area contributed by atoms with Crippen molar-refractivity contribution in [3.63, 3.8) is 0 Å². The number of carbonyl (C=O) groups excluding carboxylic acids is 1. The molecule has 5 heteroatoms. The molecule has 22 heavy (non-hydrogen) atoms. The highest BCUT2D eigenvalue weighted by molar-refractivity contribution is 6.36. The van der Waals surface area contributed by atoms with Crippen molar-refractivity contribution in [3.8, 4) is 5.75 Å². The zero-order valence-electron chi connectivity index (χ0n) is 12.6. The van der Waals surface area contributed by atoms with Gasteiger partial charge in [-0.1, -0.05) is 40.9 Å². The molecule has 1 N–H and O–H groups in total. The molecule has 0 aliphatic heterocycles. The Labute approximate surface area is 140 Å². The minimum Gasteiger partial charge on any atom is -0.481 e. The van der Waals surface area contributed by atoms with Crippen LogP contribution in [0.4, 0.5) is 5.69 Å². The predicted molar refractivity (Wildman–Crippen MR) is 91.1 cm³/mol. The lowest BCUT2D eigenvalue weighted by atomic mass is 10.1. The summed E-state index contributed by atoms with van der Waals surface area (Å²) >= 11 is 11.9. The number of nitrogens with one attached hydrogen (secondary N) is 1. The summed E-state index contributed by atoms with van der Waals surface area (Å²) in [7, 11) is 0. The zero-order chi connectivity index (χ0) is 16.3. The van der Waals surface area contributed by atoms with Crippen LogP contribution in [0, 0.1) is 13.8 Å². The molecule has 0 spiro atoms. The Morgan fingerprint density at radius 2 is 1.86 bits per heavy atom. The lowest BCUT2D eigenvalue weighted by Gasteiger charge is -2.17. The zero-order valence-corrected chi connectivity index (χ0v) is 14.1. The molecule has 0 bridgehead atoms. The maximum Gasteiger partial charge on any atom is 0.265 e. The molecule has 1 atom stereocenters. The first-order valence-electron chi connectivity index (χ1n) is 6.86. The molecule has 0 radical (unpaired) electrons. The van der Waals surface area contributed by atoms with E-state index in [2.05, 4.69) is 5.32 Å². The number of amides is 1. The van der Waals surface area contributed by atoms with Gasteiger partial charge in [0.05, 0.1) is 10.7 Å². The summed E-state index contributed by atoms with van der Waals surface area (Å²) < 4.78 is 5.72. The molecule has 1 amide bonds. The quantitative estimate of drug-likeness (QED) is 0.850. The van der Waals surface area contributed by atoms with Crippen molar-refractivity contribution in [3.05, 3.63) is 57.6 Å². The summed E-state index contributed by atoms with van der Waals surface area (Å²) in [6.45, 7) is 5.65. The van der Waals surface area contributed by atoms with E-state index in [1.807, 2.05) is 32.0 Å². The number of carbonyl (C=O) groups is 1. The van der Waals surface area contributed by atoms with Crippen LogP contribution in [0.3, 0.4) is 0 Å². The first-order chi connectivity index (χ1) is 10.4. The van der Waals surface area contributed by atoms with Crippen molar-refractivity contribution in [2.24, 2.45) is 0 Å². The minimum absolute atomic E-state index is 0.274. The SMILES string of the molecule is Cc1ccc(OC(C)C(=O)Nc2ccc(Cl)cc2Cl)c(C)c1. The topological polar surface area (TPSA) is 38.3 Å². The maximum atomic E-state index is 12.2. The molecule has 2 rings (SSSR count). The van der Waals surface area contributed by atoms with Crippen molar-refractivity contribution in [2.75, 3.05) is 5.32 Å². The molecular formula is C17H17Cl2NO2. The molecular weight excluding hydrogens is 321 g/mol. The third kappa shape index (κ3) is 4.15. The predicted octanol–water partition coefficient (Wildman–Crippen LogP) is 5.02. The van der Waals surface area contributed by atoms with E-state index in [1.165, 1.54) is 0 Å². The number of rotatable bonds is 4. The normalized spacial score (nSPS) is 11.9. The van der Waals surface area contributed by atoms with E-state index in [0.29, 0.717) is 21.5 Å².